The van der Waals surface area contributed by atoms with Gasteiger partial charge in [0.2, 0.25) is 0 Å². The van der Waals surface area contributed by atoms with Gasteiger partial charge in [-0.15, -0.1) is 11.3 Å². The predicted molar refractivity (Wildman–Crippen MR) is 104 cm³/mol. The van der Waals surface area contributed by atoms with E-state index in [1.54, 1.807) is 24.0 Å². The fourth-order valence-corrected chi connectivity index (χ4v) is 6.13. The van der Waals surface area contributed by atoms with E-state index in [2.05, 4.69) is 4.98 Å². The smallest absolute Gasteiger partial charge is 0.266 e. The first-order valence-corrected chi connectivity index (χ1v) is 11.6. The van der Waals surface area contributed by atoms with Gasteiger partial charge in [0.25, 0.3) is 5.91 Å². The molecule has 1 amide bonds. The second-order valence-electron chi connectivity index (χ2n) is 6.88. The normalized spacial score (nSPS) is 18.6. The van der Waals surface area contributed by atoms with Crippen molar-refractivity contribution in [2.45, 2.75) is 39.2 Å². The summed E-state index contributed by atoms with van der Waals surface area (Å²) in [5.74, 6) is -0.243. The van der Waals surface area contributed by atoms with Crippen LogP contribution >= 0.6 is 11.3 Å². The number of halogens is 1. The zero-order chi connectivity index (χ0) is 19.6. The number of hydrogen-bond donors (Lipinski definition) is 0. The Hall–Kier alpha value is -1.80. The monoisotopic (exact) mass is 410 g/mol. The van der Waals surface area contributed by atoms with Gasteiger partial charge in [0.05, 0.1) is 22.2 Å². The quantitative estimate of drug-likeness (QED) is 0.733. The van der Waals surface area contributed by atoms with E-state index >= 15 is 0 Å². The number of aromatic nitrogens is 1. The number of carbonyl (C=O) groups excluding carboxylic acids is 1. The molecule has 2 aromatic rings. The zero-order valence-corrected chi connectivity index (χ0v) is 17.1. The van der Waals surface area contributed by atoms with Crippen molar-refractivity contribution >= 4 is 27.1 Å². The summed E-state index contributed by atoms with van der Waals surface area (Å²) < 4.78 is 36.7. The van der Waals surface area contributed by atoms with Crippen LogP contribution in [0.3, 0.4) is 0 Å². The maximum Gasteiger partial charge on any atom is 0.266 e. The highest BCUT2D eigenvalue weighted by molar-refractivity contribution is 7.91. The Bertz CT molecular complexity index is 923. The van der Waals surface area contributed by atoms with Crippen LogP contribution in [0.25, 0.3) is 0 Å². The summed E-state index contributed by atoms with van der Waals surface area (Å²) in [5.41, 5.74) is 1.58. The lowest BCUT2D eigenvalue weighted by atomic mass is 10.1. The molecular weight excluding hydrogens is 387 g/mol. The minimum atomic E-state index is -3.06. The molecule has 5 nitrogen and oxygen atoms in total. The summed E-state index contributed by atoms with van der Waals surface area (Å²) in [6, 6.07) is 5.97. The molecule has 8 heteroatoms. The molecule has 1 aromatic carbocycles. The summed E-state index contributed by atoms with van der Waals surface area (Å²) in [6.45, 7) is 4.31. The van der Waals surface area contributed by atoms with E-state index in [0.717, 1.165) is 17.0 Å². The third-order valence-corrected chi connectivity index (χ3v) is 7.57. The van der Waals surface area contributed by atoms with Gasteiger partial charge in [-0.1, -0.05) is 19.1 Å². The van der Waals surface area contributed by atoms with Crippen LogP contribution in [0.4, 0.5) is 4.39 Å². The molecule has 1 atom stereocenters. The molecule has 146 valence electrons. The minimum absolute atomic E-state index is 0.0407. The molecule has 1 unspecified atom stereocenters. The lowest BCUT2D eigenvalue weighted by Gasteiger charge is -2.27. The number of hydrogen-bond acceptors (Lipinski definition) is 5. The van der Waals surface area contributed by atoms with Crippen LogP contribution in [-0.2, 0) is 16.3 Å². The Labute approximate surface area is 163 Å². The SMILES string of the molecule is CCCN(C(=O)c1sc(Cc2ccc(F)cc2)nc1C)C1CCS(=O)(=O)C1. The third kappa shape index (κ3) is 4.73. The fraction of sp³-hybridized carbons (Fsp3) is 0.474. The summed E-state index contributed by atoms with van der Waals surface area (Å²) in [6.07, 6.45) is 1.79. The van der Waals surface area contributed by atoms with Crippen molar-refractivity contribution in [1.82, 2.24) is 9.88 Å². The standard InChI is InChI=1S/C19H23FN2O3S2/c1-3-9-22(16-8-10-27(24,25)12-16)19(23)18-13(2)21-17(26-18)11-14-4-6-15(20)7-5-14/h4-7,16H,3,8-12H2,1-2H3. The van der Waals surface area contributed by atoms with Gasteiger partial charge in [-0.05, 0) is 37.5 Å². The van der Waals surface area contributed by atoms with Crippen molar-refractivity contribution in [1.29, 1.82) is 0 Å². The molecular formula is C19H23FN2O3S2. The molecule has 3 rings (SSSR count). The number of thiazole rings is 1. The third-order valence-electron chi connectivity index (χ3n) is 4.68. The Morgan fingerprint density at radius 2 is 2.04 bits per heavy atom. The van der Waals surface area contributed by atoms with Gasteiger partial charge in [-0.3, -0.25) is 4.79 Å². The average Bonchev–Trinajstić information content (AvgIpc) is 3.16. The van der Waals surface area contributed by atoms with E-state index < -0.39 is 9.84 Å². The Balaban J connectivity index is 1.80. The Kier molecular flexibility index (Phi) is 5.95. The van der Waals surface area contributed by atoms with Crippen molar-refractivity contribution in [3.63, 3.8) is 0 Å². The number of sulfone groups is 1. The predicted octanol–water partition coefficient (Wildman–Crippen LogP) is 3.22. The largest absolute Gasteiger partial charge is 0.334 e. The van der Waals surface area contributed by atoms with E-state index in [1.165, 1.54) is 23.5 Å². The molecule has 27 heavy (non-hydrogen) atoms. The fourth-order valence-electron chi connectivity index (χ4n) is 3.35. The van der Waals surface area contributed by atoms with Crippen LogP contribution in [0.15, 0.2) is 24.3 Å². The van der Waals surface area contributed by atoms with Gasteiger partial charge in [0.15, 0.2) is 9.84 Å². The van der Waals surface area contributed by atoms with Crippen molar-refractivity contribution in [2.75, 3.05) is 18.1 Å². The molecule has 0 bridgehead atoms. The number of aryl methyl sites for hydroxylation is 1. The average molecular weight is 411 g/mol. The summed E-state index contributed by atoms with van der Waals surface area (Å²) in [4.78, 5) is 19.9. The van der Waals surface area contributed by atoms with E-state index in [9.17, 15) is 17.6 Å². The summed E-state index contributed by atoms with van der Waals surface area (Å²) in [7, 11) is -3.06. The van der Waals surface area contributed by atoms with Crippen LogP contribution in [0, 0.1) is 12.7 Å². The number of carbonyl (C=O) groups is 1. The lowest BCUT2D eigenvalue weighted by Crippen LogP contribution is -2.41. The second kappa shape index (κ2) is 8.06. The van der Waals surface area contributed by atoms with Gasteiger partial charge in [0, 0.05) is 19.0 Å². The van der Waals surface area contributed by atoms with Crippen molar-refractivity contribution in [3.05, 3.63) is 51.2 Å². The van der Waals surface area contributed by atoms with E-state index in [1.807, 2.05) is 6.92 Å². The molecule has 2 heterocycles. The minimum Gasteiger partial charge on any atom is -0.334 e. The van der Waals surface area contributed by atoms with E-state index in [-0.39, 0.29) is 29.3 Å². The molecule has 1 saturated heterocycles. The maximum absolute atomic E-state index is 13.1. The first-order chi connectivity index (χ1) is 12.8. The van der Waals surface area contributed by atoms with E-state index in [0.29, 0.717) is 30.0 Å². The Morgan fingerprint density at radius 3 is 2.63 bits per heavy atom. The molecule has 1 aliphatic rings. The molecule has 0 radical (unpaired) electrons. The van der Waals surface area contributed by atoms with Crippen LogP contribution in [0.5, 0.6) is 0 Å². The number of rotatable bonds is 6. The lowest BCUT2D eigenvalue weighted by molar-refractivity contribution is 0.0701. The first kappa shape index (κ1) is 19.9. The molecule has 0 aliphatic carbocycles. The van der Waals surface area contributed by atoms with Gasteiger partial charge in [0.1, 0.15) is 10.7 Å². The molecule has 1 fully saturated rings. The topological polar surface area (TPSA) is 67.3 Å². The van der Waals surface area contributed by atoms with Crippen LogP contribution < -0.4 is 0 Å². The second-order valence-corrected chi connectivity index (χ2v) is 10.2. The number of nitrogens with zero attached hydrogens (tertiary/aromatic N) is 2. The van der Waals surface area contributed by atoms with Crippen LogP contribution in [-0.4, -0.2) is 48.3 Å². The number of amides is 1. The van der Waals surface area contributed by atoms with Gasteiger partial charge >= 0.3 is 0 Å². The van der Waals surface area contributed by atoms with Crippen LogP contribution in [0.1, 0.15) is 45.7 Å². The highest BCUT2D eigenvalue weighted by atomic mass is 32.2. The molecule has 1 aliphatic heterocycles. The molecule has 1 aromatic heterocycles. The summed E-state index contributed by atoms with van der Waals surface area (Å²) >= 11 is 1.33. The summed E-state index contributed by atoms with van der Waals surface area (Å²) in [5, 5.41) is 0.790. The molecule has 0 saturated carbocycles. The van der Waals surface area contributed by atoms with E-state index in [4.69, 9.17) is 0 Å². The van der Waals surface area contributed by atoms with Gasteiger partial charge in [-0.25, -0.2) is 17.8 Å². The highest BCUT2D eigenvalue weighted by Crippen LogP contribution is 2.26. The zero-order valence-electron chi connectivity index (χ0n) is 15.4. The Morgan fingerprint density at radius 1 is 1.33 bits per heavy atom. The van der Waals surface area contributed by atoms with Gasteiger partial charge in [-0.2, -0.15) is 0 Å². The maximum atomic E-state index is 13.1. The van der Waals surface area contributed by atoms with Gasteiger partial charge < -0.3 is 4.90 Å². The number of benzene rings is 1. The van der Waals surface area contributed by atoms with Crippen molar-refractivity contribution in [2.24, 2.45) is 0 Å². The highest BCUT2D eigenvalue weighted by Gasteiger charge is 2.35. The van der Waals surface area contributed by atoms with Crippen molar-refractivity contribution in [3.8, 4) is 0 Å². The van der Waals surface area contributed by atoms with Crippen LogP contribution in [0.2, 0.25) is 0 Å². The van der Waals surface area contributed by atoms with Crippen molar-refractivity contribution < 1.29 is 17.6 Å². The molecule has 0 N–H and O–H groups in total. The first-order valence-electron chi connectivity index (χ1n) is 9.01. The molecule has 0 spiro atoms.